The summed E-state index contributed by atoms with van der Waals surface area (Å²) in [6, 6.07) is 12.3. The third kappa shape index (κ3) is 4.31. The minimum absolute atomic E-state index is 0.224. The largest absolute Gasteiger partial charge is 0.497 e. The Balaban J connectivity index is 1.94. The number of allylic oxidation sites excluding steroid dienone is 1. The zero-order valence-corrected chi connectivity index (χ0v) is 16.0. The van der Waals surface area contributed by atoms with Crippen molar-refractivity contribution in [2.24, 2.45) is 0 Å². The van der Waals surface area contributed by atoms with Crippen molar-refractivity contribution in [3.8, 4) is 22.9 Å². The fourth-order valence-corrected chi connectivity index (χ4v) is 3.53. The van der Waals surface area contributed by atoms with Crippen molar-refractivity contribution in [2.75, 3.05) is 14.2 Å². The molecule has 0 spiro atoms. The highest BCUT2D eigenvalue weighted by atomic mass is 32.2. The molecule has 3 aromatic rings. The maximum absolute atomic E-state index is 13.9. The minimum atomic E-state index is -0.224. The number of ether oxygens (including phenoxy) is 2. The first-order valence-corrected chi connectivity index (χ1v) is 9.28. The molecule has 0 saturated heterocycles. The van der Waals surface area contributed by atoms with Gasteiger partial charge in [0.1, 0.15) is 17.3 Å². The molecule has 0 fully saturated rings. The molecule has 0 bridgehead atoms. The summed E-state index contributed by atoms with van der Waals surface area (Å²) in [5.41, 5.74) is 1.44. The standard InChI is InChI=1S/C20H20FN3O2S/c1-4-9-24-19(15-10-16(25-2)12-17(11-15)26-3)22-23-20(24)27-13-14-7-5-6-8-18(14)21/h4-8,10-12H,1,9,13H2,2-3H3. The number of hydrogen-bond acceptors (Lipinski definition) is 5. The van der Waals surface area contributed by atoms with E-state index in [9.17, 15) is 4.39 Å². The van der Waals surface area contributed by atoms with Crippen LogP contribution in [0.3, 0.4) is 0 Å². The lowest BCUT2D eigenvalue weighted by Gasteiger charge is -2.10. The molecule has 0 amide bonds. The molecule has 27 heavy (non-hydrogen) atoms. The summed E-state index contributed by atoms with van der Waals surface area (Å²) in [4.78, 5) is 0. The van der Waals surface area contributed by atoms with E-state index in [1.54, 1.807) is 38.5 Å². The van der Waals surface area contributed by atoms with Crippen molar-refractivity contribution in [1.82, 2.24) is 14.8 Å². The van der Waals surface area contributed by atoms with E-state index in [1.165, 1.54) is 17.8 Å². The second-order valence-electron chi connectivity index (χ2n) is 5.69. The SMILES string of the molecule is C=CCn1c(SCc2ccccc2F)nnc1-c1cc(OC)cc(OC)c1. The molecule has 7 heteroatoms. The summed E-state index contributed by atoms with van der Waals surface area (Å²) in [7, 11) is 3.20. The van der Waals surface area contributed by atoms with Crippen LogP contribution in [0.4, 0.5) is 4.39 Å². The molecule has 0 aliphatic rings. The zero-order chi connectivity index (χ0) is 19.2. The summed E-state index contributed by atoms with van der Waals surface area (Å²) < 4.78 is 26.5. The number of thioether (sulfide) groups is 1. The number of aromatic nitrogens is 3. The normalized spacial score (nSPS) is 10.6. The first-order valence-electron chi connectivity index (χ1n) is 8.30. The summed E-state index contributed by atoms with van der Waals surface area (Å²) in [5.74, 6) is 2.24. The Hall–Kier alpha value is -2.80. The topological polar surface area (TPSA) is 49.2 Å². The van der Waals surface area contributed by atoms with E-state index in [0.29, 0.717) is 40.3 Å². The summed E-state index contributed by atoms with van der Waals surface area (Å²) in [6.45, 7) is 4.35. The molecular weight excluding hydrogens is 365 g/mol. The van der Waals surface area contributed by atoms with Crippen LogP contribution in [0, 0.1) is 5.82 Å². The van der Waals surface area contributed by atoms with Gasteiger partial charge in [-0.3, -0.25) is 4.57 Å². The van der Waals surface area contributed by atoms with Crippen LogP contribution in [0.25, 0.3) is 11.4 Å². The average Bonchev–Trinajstić information content (AvgIpc) is 3.10. The van der Waals surface area contributed by atoms with Gasteiger partial charge in [-0.2, -0.15) is 0 Å². The second-order valence-corrected chi connectivity index (χ2v) is 6.63. The van der Waals surface area contributed by atoms with E-state index >= 15 is 0 Å². The molecular formula is C20H20FN3O2S. The lowest BCUT2D eigenvalue weighted by atomic mass is 10.2. The Morgan fingerprint density at radius 3 is 2.44 bits per heavy atom. The number of rotatable bonds is 8. The van der Waals surface area contributed by atoms with Gasteiger partial charge in [0.2, 0.25) is 0 Å². The third-order valence-electron chi connectivity index (χ3n) is 3.95. The van der Waals surface area contributed by atoms with Gasteiger partial charge >= 0.3 is 0 Å². The van der Waals surface area contributed by atoms with Gasteiger partial charge in [0, 0.05) is 23.9 Å². The molecule has 140 valence electrons. The number of methoxy groups -OCH3 is 2. The summed E-state index contributed by atoms with van der Waals surface area (Å²) in [6.07, 6.45) is 1.78. The van der Waals surface area contributed by atoms with Gasteiger partial charge in [-0.1, -0.05) is 36.0 Å². The number of nitrogens with zero attached hydrogens (tertiary/aromatic N) is 3. The first kappa shape index (κ1) is 19.0. The Morgan fingerprint density at radius 1 is 1.11 bits per heavy atom. The van der Waals surface area contributed by atoms with Gasteiger partial charge in [0.25, 0.3) is 0 Å². The molecule has 2 aromatic carbocycles. The van der Waals surface area contributed by atoms with Crippen molar-refractivity contribution in [3.05, 3.63) is 66.5 Å². The second kappa shape index (κ2) is 8.73. The van der Waals surface area contributed by atoms with E-state index < -0.39 is 0 Å². The van der Waals surface area contributed by atoms with E-state index in [2.05, 4.69) is 16.8 Å². The molecule has 0 aliphatic heterocycles. The predicted molar refractivity (Wildman–Crippen MR) is 105 cm³/mol. The number of hydrogen-bond donors (Lipinski definition) is 0. The van der Waals surface area contributed by atoms with Gasteiger partial charge in [0.05, 0.1) is 14.2 Å². The number of benzene rings is 2. The maximum Gasteiger partial charge on any atom is 0.192 e. The monoisotopic (exact) mass is 385 g/mol. The third-order valence-corrected chi connectivity index (χ3v) is 4.97. The molecule has 0 N–H and O–H groups in total. The molecule has 0 unspecified atom stereocenters. The van der Waals surface area contributed by atoms with Crippen LogP contribution in [-0.4, -0.2) is 29.0 Å². The molecule has 0 atom stereocenters. The van der Waals surface area contributed by atoms with E-state index in [-0.39, 0.29) is 5.82 Å². The summed E-state index contributed by atoms with van der Waals surface area (Å²) >= 11 is 1.43. The average molecular weight is 385 g/mol. The van der Waals surface area contributed by atoms with Gasteiger partial charge in [-0.25, -0.2) is 4.39 Å². The van der Waals surface area contributed by atoms with Crippen LogP contribution in [-0.2, 0) is 12.3 Å². The quantitative estimate of drug-likeness (QED) is 0.420. The van der Waals surface area contributed by atoms with E-state index in [1.807, 2.05) is 22.8 Å². The molecule has 0 radical (unpaired) electrons. The predicted octanol–water partition coefficient (Wildman–Crippen LogP) is 4.58. The maximum atomic E-state index is 13.9. The molecule has 0 saturated carbocycles. The number of halogens is 1. The highest BCUT2D eigenvalue weighted by Crippen LogP contribution is 2.31. The van der Waals surface area contributed by atoms with Gasteiger partial charge in [0.15, 0.2) is 11.0 Å². The smallest absolute Gasteiger partial charge is 0.192 e. The van der Waals surface area contributed by atoms with Crippen LogP contribution in [0.15, 0.2) is 60.3 Å². The minimum Gasteiger partial charge on any atom is -0.497 e. The van der Waals surface area contributed by atoms with Gasteiger partial charge in [-0.05, 0) is 23.8 Å². The molecule has 3 rings (SSSR count). The van der Waals surface area contributed by atoms with Crippen LogP contribution in [0.1, 0.15) is 5.56 Å². The fourth-order valence-electron chi connectivity index (χ4n) is 2.60. The van der Waals surface area contributed by atoms with E-state index in [4.69, 9.17) is 9.47 Å². The first-order chi connectivity index (χ1) is 13.2. The van der Waals surface area contributed by atoms with Crippen molar-refractivity contribution in [1.29, 1.82) is 0 Å². The van der Waals surface area contributed by atoms with Gasteiger partial charge in [-0.15, -0.1) is 16.8 Å². The molecule has 1 aromatic heterocycles. The fraction of sp³-hybridized carbons (Fsp3) is 0.200. The highest BCUT2D eigenvalue weighted by molar-refractivity contribution is 7.98. The molecule has 0 aliphatic carbocycles. The van der Waals surface area contributed by atoms with Crippen LogP contribution in [0.5, 0.6) is 11.5 Å². The zero-order valence-electron chi connectivity index (χ0n) is 15.2. The van der Waals surface area contributed by atoms with Crippen molar-refractivity contribution in [3.63, 3.8) is 0 Å². The van der Waals surface area contributed by atoms with Crippen LogP contribution >= 0.6 is 11.8 Å². The van der Waals surface area contributed by atoms with Crippen molar-refractivity contribution >= 4 is 11.8 Å². The Bertz CT molecular complexity index is 920. The van der Waals surface area contributed by atoms with Crippen LogP contribution < -0.4 is 9.47 Å². The van der Waals surface area contributed by atoms with Crippen LogP contribution in [0.2, 0.25) is 0 Å². The molecule has 5 nitrogen and oxygen atoms in total. The molecule has 1 heterocycles. The lowest BCUT2D eigenvalue weighted by Crippen LogP contribution is -2.01. The van der Waals surface area contributed by atoms with Crippen molar-refractivity contribution in [2.45, 2.75) is 17.5 Å². The lowest BCUT2D eigenvalue weighted by molar-refractivity contribution is 0.394. The summed E-state index contributed by atoms with van der Waals surface area (Å²) in [5, 5.41) is 9.31. The van der Waals surface area contributed by atoms with E-state index in [0.717, 1.165) is 5.56 Å². The Labute approximate surface area is 161 Å². The van der Waals surface area contributed by atoms with Crippen molar-refractivity contribution < 1.29 is 13.9 Å². The Kier molecular flexibility index (Phi) is 6.13. The Morgan fingerprint density at radius 2 is 1.81 bits per heavy atom. The highest BCUT2D eigenvalue weighted by Gasteiger charge is 2.16. The van der Waals surface area contributed by atoms with Gasteiger partial charge < -0.3 is 9.47 Å².